The number of aromatic nitrogens is 2. The SMILES string of the molecule is CC(C)CC1CCCCN1Cc1noc(CN)n1.Cl. The molecule has 1 unspecified atom stereocenters. The molecule has 1 aromatic rings. The van der Waals surface area contributed by atoms with Crippen LogP contribution in [-0.2, 0) is 13.1 Å². The summed E-state index contributed by atoms with van der Waals surface area (Å²) in [5.74, 6) is 2.04. The first-order valence-electron chi connectivity index (χ1n) is 6.94. The molecule has 1 saturated heterocycles. The van der Waals surface area contributed by atoms with Crippen molar-refractivity contribution in [2.24, 2.45) is 11.7 Å². The van der Waals surface area contributed by atoms with Crippen LogP contribution in [0.3, 0.4) is 0 Å². The lowest BCUT2D eigenvalue weighted by Gasteiger charge is -2.35. The van der Waals surface area contributed by atoms with Gasteiger partial charge < -0.3 is 10.3 Å². The number of nitrogens with two attached hydrogens (primary N) is 1. The zero-order valence-electron chi connectivity index (χ0n) is 11.8. The van der Waals surface area contributed by atoms with Gasteiger partial charge in [0.15, 0.2) is 5.82 Å². The molecular formula is C13H25ClN4O. The first-order chi connectivity index (χ1) is 8.69. The molecule has 0 bridgehead atoms. The normalized spacial score (nSPS) is 20.5. The van der Waals surface area contributed by atoms with Crippen LogP contribution in [0.4, 0.5) is 0 Å². The fourth-order valence-corrected chi connectivity index (χ4v) is 2.70. The summed E-state index contributed by atoms with van der Waals surface area (Å²) in [7, 11) is 0. The van der Waals surface area contributed by atoms with E-state index < -0.39 is 0 Å². The zero-order chi connectivity index (χ0) is 13.0. The Morgan fingerprint density at radius 2 is 2.21 bits per heavy atom. The first-order valence-corrected chi connectivity index (χ1v) is 6.94. The lowest BCUT2D eigenvalue weighted by molar-refractivity contribution is 0.117. The van der Waals surface area contributed by atoms with Crippen LogP contribution in [0, 0.1) is 5.92 Å². The minimum Gasteiger partial charge on any atom is -0.338 e. The van der Waals surface area contributed by atoms with Crippen molar-refractivity contribution in [1.82, 2.24) is 15.0 Å². The predicted molar refractivity (Wildman–Crippen MR) is 76.9 cm³/mol. The third-order valence-electron chi connectivity index (χ3n) is 3.52. The summed E-state index contributed by atoms with van der Waals surface area (Å²) >= 11 is 0. The van der Waals surface area contributed by atoms with Gasteiger partial charge >= 0.3 is 0 Å². The van der Waals surface area contributed by atoms with E-state index >= 15 is 0 Å². The van der Waals surface area contributed by atoms with E-state index in [2.05, 4.69) is 28.9 Å². The Kier molecular flexibility index (Phi) is 6.75. The largest absolute Gasteiger partial charge is 0.338 e. The standard InChI is InChI=1S/C13H24N4O.ClH/c1-10(2)7-11-5-3-4-6-17(11)9-12-15-13(8-14)18-16-12;/h10-11H,3-9,14H2,1-2H3;1H. The number of hydrogen-bond acceptors (Lipinski definition) is 5. The maximum Gasteiger partial charge on any atom is 0.240 e. The lowest BCUT2D eigenvalue weighted by atomic mass is 9.94. The van der Waals surface area contributed by atoms with Gasteiger partial charge in [-0.1, -0.05) is 25.4 Å². The van der Waals surface area contributed by atoms with Crippen molar-refractivity contribution in [3.8, 4) is 0 Å². The minimum atomic E-state index is 0. The van der Waals surface area contributed by atoms with Gasteiger partial charge in [-0.3, -0.25) is 4.90 Å². The van der Waals surface area contributed by atoms with Gasteiger partial charge in [0.05, 0.1) is 13.1 Å². The topological polar surface area (TPSA) is 68.2 Å². The average molecular weight is 289 g/mol. The van der Waals surface area contributed by atoms with Crippen molar-refractivity contribution in [1.29, 1.82) is 0 Å². The van der Waals surface area contributed by atoms with Crippen LogP contribution >= 0.6 is 12.4 Å². The van der Waals surface area contributed by atoms with Gasteiger partial charge in [0, 0.05) is 6.04 Å². The molecule has 1 aliphatic rings. The van der Waals surface area contributed by atoms with E-state index in [1.165, 1.54) is 25.7 Å². The molecule has 1 aliphatic heterocycles. The number of hydrogen-bond donors (Lipinski definition) is 1. The Balaban J connectivity index is 0.00000180. The highest BCUT2D eigenvalue weighted by molar-refractivity contribution is 5.85. The number of rotatable bonds is 5. The summed E-state index contributed by atoms with van der Waals surface area (Å²) < 4.78 is 5.06. The Hall–Kier alpha value is -0.650. The van der Waals surface area contributed by atoms with E-state index in [9.17, 15) is 0 Å². The number of likely N-dealkylation sites (tertiary alicyclic amines) is 1. The van der Waals surface area contributed by atoms with Crippen LogP contribution in [0.1, 0.15) is 51.2 Å². The Bertz CT molecular complexity index is 369. The molecule has 0 aromatic carbocycles. The van der Waals surface area contributed by atoms with Crippen LogP contribution < -0.4 is 5.73 Å². The van der Waals surface area contributed by atoms with Crippen LogP contribution in [0.15, 0.2) is 4.52 Å². The first kappa shape index (κ1) is 16.4. The fraction of sp³-hybridized carbons (Fsp3) is 0.846. The molecule has 0 amide bonds. The maximum absolute atomic E-state index is 5.48. The second kappa shape index (κ2) is 7.82. The molecule has 0 spiro atoms. The quantitative estimate of drug-likeness (QED) is 0.901. The van der Waals surface area contributed by atoms with Crippen molar-refractivity contribution in [2.45, 2.75) is 58.7 Å². The van der Waals surface area contributed by atoms with Gasteiger partial charge in [0.1, 0.15) is 0 Å². The summed E-state index contributed by atoms with van der Waals surface area (Å²) in [6, 6.07) is 0.665. The molecule has 0 saturated carbocycles. The van der Waals surface area contributed by atoms with Crippen LogP contribution in [0.2, 0.25) is 0 Å². The minimum absolute atomic E-state index is 0. The van der Waals surface area contributed by atoms with Gasteiger partial charge in [-0.2, -0.15) is 4.98 Å². The highest BCUT2D eigenvalue weighted by atomic mass is 35.5. The van der Waals surface area contributed by atoms with E-state index in [0.29, 0.717) is 18.5 Å². The Labute approximate surface area is 121 Å². The molecule has 2 heterocycles. The molecule has 2 rings (SSSR count). The van der Waals surface area contributed by atoms with E-state index in [4.69, 9.17) is 10.3 Å². The van der Waals surface area contributed by atoms with E-state index in [-0.39, 0.29) is 12.4 Å². The highest BCUT2D eigenvalue weighted by Crippen LogP contribution is 2.23. The Morgan fingerprint density at radius 3 is 2.84 bits per heavy atom. The van der Waals surface area contributed by atoms with Gasteiger partial charge in [0.25, 0.3) is 0 Å². The van der Waals surface area contributed by atoms with Crippen molar-refractivity contribution in [2.75, 3.05) is 6.54 Å². The molecule has 1 aromatic heterocycles. The summed E-state index contributed by atoms with van der Waals surface area (Å²) in [4.78, 5) is 6.79. The number of halogens is 1. The summed E-state index contributed by atoms with van der Waals surface area (Å²) in [6.45, 7) is 6.83. The highest BCUT2D eigenvalue weighted by Gasteiger charge is 2.24. The lowest BCUT2D eigenvalue weighted by Crippen LogP contribution is -2.39. The molecular weight excluding hydrogens is 264 g/mol. The van der Waals surface area contributed by atoms with Gasteiger partial charge in [-0.15, -0.1) is 12.4 Å². The molecule has 5 nitrogen and oxygen atoms in total. The monoisotopic (exact) mass is 288 g/mol. The molecule has 0 aliphatic carbocycles. The van der Waals surface area contributed by atoms with Crippen LogP contribution in [0.5, 0.6) is 0 Å². The summed E-state index contributed by atoms with van der Waals surface area (Å²) in [5.41, 5.74) is 5.48. The number of nitrogens with zero attached hydrogens (tertiary/aromatic N) is 3. The summed E-state index contributed by atoms with van der Waals surface area (Å²) in [6.07, 6.45) is 5.16. The fourth-order valence-electron chi connectivity index (χ4n) is 2.70. The smallest absolute Gasteiger partial charge is 0.240 e. The van der Waals surface area contributed by atoms with Crippen molar-refractivity contribution in [3.63, 3.8) is 0 Å². The molecule has 2 N–H and O–H groups in total. The van der Waals surface area contributed by atoms with Crippen LogP contribution in [-0.4, -0.2) is 27.6 Å². The maximum atomic E-state index is 5.48. The molecule has 0 radical (unpaired) electrons. The third-order valence-corrected chi connectivity index (χ3v) is 3.52. The van der Waals surface area contributed by atoms with Gasteiger partial charge in [0.2, 0.25) is 5.89 Å². The van der Waals surface area contributed by atoms with E-state index in [0.717, 1.165) is 24.8 Å². The number of piperidine rings is 1. The van der Waals surface area contributed by atoms with E-state index in [1.807, 2.05) is 0 Å². The third kappa shape index (κ3) is 4.75. The van der Waals surface area contributed by atoms with Crippen molar-refractivity contribution < 1.29 is 4.52 Å². The zero-order valence-corrected chi connectivity index (χ0v) is 12.7. The van der Waals surface area contributed by atoms with E-state index in [1.54, 1.807) is 0 Å². The average Bonchev–Trinajstić information content (AvgIpc) is 2.79. The second-order valence-electron chi connectivity index (χ2n) is 5.56. The molecule has 1 atom stereocenters. The molecule has 19 heavy (non-hydrogen) atoms. The Morgan fingerprint density at radius 1 is 1.42 bits per heavy atom. The van der Waals surface area contributed by atoms with Gasteiger partial charge in [-0.05, 0) is 31.7 Å². The van der Waals surface area contributed by atoms with Crippen LogP contribution in [0.25, 0.3) is 0 Å². The molecule has 1 fully saturated rings. The second-order valence-corrected chi connectivity index (χ2v) is 5.56. The van der Waals surface area contributed by atoms with Crippen molar-refractivity contribution >= 4 is 12.4 Å². The predicted octanol–water partition coefficient (Wildman–Crippen LogP) is 2.35. The summed E-state index contributed by atoms with van der Waals surface area (Å²) in [5, 5.41) is 3.99. The molecule has 110 valence electrons. The molecule has 6 heteroatoms. The van der Waals surface area contributed by atoms with Crippen molar-refractivity contribution in [3.05, 3.63) is 11.7 Å². The van der Waals surface area contributed by atoms with Gasteiger partial charge in [-0.25, -0.2) is 0 Å².